The highest BCUT2D eigenvalue weighted by Crippen LogP contribution is 2.27. The number of carboxylic acids is 1. The summed E-state index contributed by atoms with van der Waals surface area (Å²) in [7, 11) is 1.73. The van der Waals surface area contributed by atoms with Crippen LogP contribution in [0.5, 0.6) is 5.75 Å². The molecule has 0 aliphatic carbocycles. The maximum absolute atomic E-state index is 12.8. The summed E-state index contributed by atoms with van der Waals surface area (Å²) in [6, 6.07) is 12.3. The number of thioether (sulfide) groups is 1. The third-order valence-corrected chi connectivity index (χ3v) is 4.71. The molecule has 0 radical (unpaired) electrons. The van der Waals surface area contributed by atoms with Crippen LogP contribution in [0.1, 0.15) is 22.8 Å². The first kappa shape index (κ1) is 20.1. The Morgan fingerprint density at radius 3 is 2.50 bits per heavy atom. The number of benzene rings is 2. The molecule has 2 aromatic carbocycles. The number of aliphatic carboxylic acids is 1. The standard InChI is InChI=1S/C19H20ClNO4S/c1-3-26-17-9-6-14(20)10-16(17)19(24)21(2)11-13-4-7-15(8-5-13)25-12-18(22)23/h4-10H,3,11-12H2,1-2H3,(H,22,23). The number of carbonyl (C=O) groups excluding carboxylic acids is 1. The molecular weight excluding hydrogens is 374 g/mol. The molecule has 0 aliphatic heterocycles. The third kappa shape index (κ3) is 5.68. The van der Waals surface area contributed by atoms with Crippen LogP contribution in [0.4, 0.5) is 0 Å². The molecule has 0 saturated heterocycles. The van der Waals surface area contributed by atoms with E-state index in [-0.39, 0.29) is 12.5 Å². The minimum atomic E-state index is -1.03. The van der Waals surface area contributed by atoms with E-state index >= 15 is 0 Å². The van der Waals surface area contributed by atoms with Gasteiger partial charge in [0, 0.05) is 23.5 Å². The normalized spacial score (nSPS) is 10.4. The molecule has 2 rings (SSSR count). The van der Waals surface area contributed by atoms with Crippen LogP contribution in [0.15, 0.2) is 47.4 Å². The highest BCUT2D eigenvalue weighted by Gasteiger charge is 2.17. The van der Waals surface area contributed by atoms with Crippen molar-refractivity contribution in [1.82, 2.24) is 4.90 Å². The number of carboxylic acid groups (broad SMARTS) is 1. The van der Waals surface area contributed by atoms with Gasteiger partial charge in [-0.15, -0.1) is 11.8 Å². The van der Waals surface area contributed by atoms with Gasteiger partial charge in [-0.2, -0.15) is 0 Å². The Morgan fingerprint density at radius 2 is 1.88 bits per heavy atom. The predicted octanol–water partition coefficient (Wildman–Crippen LogP) is 4.19. The van der Waals surface area contributed by atoms with Crippen molar-refractivity contribution < 1.29 is 19.4 Å². The quantitative estimate of drug-likeness (QED) is 0.681. The van der Waals surface area contributed by atoms with Crippen molar-refractivity contribution in [3.05, 3.63) is 58.6 Å². The summed E-state index contributed by atoms with van der Waals surface area (Å²) < 4.78 is 5.10. The second kappa shape index (κ2) is 9.50. The molecule has 5 nitrogen and oxygen atoms in total. The number of ether oxygens (including phenoxy) is 1. The van der Waals surface area contributed by atoms with Crippen LogP contribution in [0, 0.1) is 0 Å². The molecule has 7 heteroatoms. The van der Waals surface area contributed by atoms with Crippen LogP contribution in [0.25, 0.3) is 0 Å². The Bertz CT molecular complexity index is 780. The van der Waals surface area contributed by atoms with E-state index in [4.69, 9.17) is 21.4 Å². The molecule has 0 bridgehead atoms. The zero-order chi connectivity index (χ0) is 19.1. The maximum atomic E-state index is 12.8. The first-order valence-corrected chi connectivity index (χ1v) is 9.38. The fourth-order valence-electron chi connectivity index (χ4n) is 2.34. The van der Waals surface area contributed by atoms with Crippen molar-refractivity contribution in [3.8, 4) is 5.75 Å². The van der Waals surface area contributed by atoms with Crippen molar-refractivity contribution in [2.45, 2.75) is 18.4 Å². The van der Waals surface area contributed by atoms with E-state index in [0.29, 0.717) is 22.9 Å². The van der Waals surface area contributed by atoms with Gasteiger partial charge in [0.1, 0.15) is 5.75 Å². The Kier molecular flexibility index (Phi) is 7.36. The summed E-state index contributed by atoms with van der Waals surface area (Å²) in [5.41, 5.74) is 1.50. The number of hydrogen-bond donors (Lipinski definition) is 1. The van der Waals surface area contributed by atoms with E-state index in [0.717, 1.165) is 16.2 Å². The summed E-state index contributed by atoms with van der Waals surface area (Å²) in [5.74, 6) is 0.210. The summed E-state index contributed by atoms with van der Waals surface area (Å²) in [4.78, 5) is 25.8. The van der Waals surface area contributed by atoms with Gasteiger partial charge >= 0.3 is 5.97 Å². The van der Waals surface area contributed by atoms with Crippen molar-refractivity contribution in [2.75, 3.05) is 19.4 Å². The molecule has 1 amide bonds. The van der Waals surface area contributed by atoms with Crippen LogP contribution in [-0.4, -0.2) is 41.3 Å². The van der Waals surface area contributed by atoms with Gasteiger partial charge in [0.2, 0.25) is 0 Å². The summed E-state index contributed by atoms with van der Waals surface area (Å²) >= 11 is 7.66. The third-order valence-electron chi connectivity index (χ3n) is 3.52. The van der Waals surface area contributed by atoms with Gasteiger partial charge in [0.05, 0.1) is 5.56 Å². The summed E-state index contributed by atoms with van der Waals surface area (Å²) in [5, 5.41) is 9.15. The Labute approximate surface area is 161 Å². The molecule has 0 saturated carbocycles. The average Bonchev–Trinajstić information content (AvgIpc) is 2.62. The van der Waals surface area contributed by atoms with E-state index in [2.05, 4.69) is 0 Å². The van der Waals surface area contributed by atoms with Crippen molar-refractivity contribution in [1.29, 1.82) is 0 Å². The number of nitrogens with zero attached hydrogens (tertiary/aromatic N) is 1. The first-order chi connectivity index (χ1) is 12.4. The molecule has 0 fully saturated rings. The molecule has 0 atom stereocenters. The van der Waals surface area contributed by atoms with Gasteiger partial charge in [-0.25, -0.2) is 4.79 Å². The molecule has 2 aromatic rings. The lowest BCUT2D eigenvalue weighted by molar-refractivity contribution is -0.139. The number of rotatable bonds is 8. The number of carbonyl (C=O) groups is 2. The highest BCUT2D eigenvalue weighted by molar-refractivity contribution is 7.99. The van der Waals surface area contributed by atoms with Crippen molar-refractivity contribution in [3.63, 3.8) is 0 Å². The SMILES string of the molecule is CCSc1ccc(Cl)cc1C(=O)N(C)Cc1ccc(OCC(=O)O)cc1. The van der Waals surface area contributed by atoms with Crippen LogP contribution in [0.3, 0.4) is 0 Å². The lowest BCUT2D eigenvalue weighted by atomic mass is 10.1. The topological polar surface area (TPSA) is 66.8 Å². The zero-order valence-corrected chi connectivity index (χ0v) is 16.1. The monoisotopic (exact) mass is 393 g/mol. The van der Waals surface area contributed by atoms with E-state index in [9.17, 15) is 9.59 Å². The van der Waals surface area contributed by atoms with Gasteiger partial charge in [0.25, 0.3) is 5.91 Å². The molecule has 0 spiro atoms. The van der Waals surface area contributed by atoms with E-state index in [1.54, 1.807) is 60.1 Å². The van der Waals surface area contributed by atoms with Crippen LogP contribution in [-0.2, 0) is 11.3 Å². The van der Waals surface area contributed by atoms with Crippen molar-refractivity contribution in [2.24, 2.45) is 0 Å². The molecule has 26 heavy (non-hydrogen) atoms. The largest absolute Gasteiger partial charge is 0.482 e. The molecule has 1 N–H and O–H groups in total. The smallest absolute Gasteiger partial charge is 0.341 e. The lowest BCUT2D eigenvalue weighted by Gasteiger charge is -2.19. The van der Waals surface area contributed by atoms with Gasteiger partial charge in [-0.1, -0.05) is 30.7 Å². The van der Waals surface area contributed by atoms with E-state index in [1.807, 2.05) is 13.0 Å². The summed E-state index contributed by atoms with van der Waals surface area (Å²) in [6.07, 6.45) is 0. The second-order valence-corrected chi connectivity index (χ2v) is 7.30. The zero-order valence-electron chi connectivity index (χ0n) is 14.6. The molecule has 138 valence electrons. The molecular formula is C19H20ClNO4S. The molecule has 0 unspecified atom stereocenters. The Balaban J connectivity index is 2.07. The minimum Gasteiger partial charge on any atom is -0.482 e. The average molecular weight is 394 g/mol. The highest BCUT2D eigenvalue weighted by atomic mass is 35.5. The molecule has 0 aliphatic rings. The van der Waals surface area contributed by atoms with E-state index < -0.39 is 5.97 Å². The predicted molar refractivity (Wildman–Crippen MR) is 103 cm³/mol. The first-order valence-electron chi connectivity index (χ1n) is 8.02. The van der Waals surface area contributed by atoms with E-state index in [1.165, 1.54) is 0 Å². The van der Waals surface area contributed by atoms with Gasteiger partial charge in [-0.3, -0.25) is 4.79 Å². The van der Waals surface area contributed by atoms with Crippen LogP contribution >= 0.6 is 23.4 Å². The van der Waals surface area contributed by atoms with Crippen LogP contribution < -0.4 is 4.74 Å². The molecule has 0 aromatic heterocycles. The van der Waals surface area contributed by atoms with Gasteiger partial charge in [-0.05, 0) is 41.6 Å². The Morgan fingerprint density at radius 1 is 1.19 bits per heavy atom. The molecule has 0 heterocycles. The second-order valence-electron chi connectivity index (χ2n) is 5.56. The minimum absolute atomic E-state index is 0.102. The van der Waals surface area contributed by atoms with Gasteiger partial charge < -0.3 is 14.7 Å². The Hall–Kier alpha value is -2.18. The maximum Gasteiger partial charge on any atom is 0.341 e. The fraction of sp³-hybridized carbons (Fsp3) is 0.263. The number of halogens is 1. The number of hydrogen-bond acceptors (Lipinski definition) is 4. The van der Waals surface area contributed by atoms with Gasteiger partial charge in [0.15, 0.2) is 6.61 Å². The number of amides is 1. The van der Waals surface area contributed by atoms with Crippen molar-refractivity contribution >= 4 is 35.2 Å². The summed E-state index contributed by atoms with van der Waals surface area (Å²) in [6.45, 7) is 2.07. The fourth-order valence-corrected chi connectivity index (χ4v) is 3.29. The lowest BCUT2D eigenvalue weighted by Crippen LogP contribution is -2.26. The van der Waals surface area contributed by atoms with Crippen LogP contribution in [0.2, 0.25) is 5.02 Å².